The van der Waals surface area contributed by atoms with Gasteiger partial charge in [0.25, 0.3) is 11.8 Å². The molecule has 3 amide bonds. The molecular formula is C27H35N3O6. The number of amides is 3. The van der Waals surface area contributed by atoms with Crippen LogP contribution in [0.5, 0.6) is 5.75 Å². The van der Waals surface area contributed by atoms with Crippen molar-refractivity contribution in [1.29, 1.82) is 0 Å². The number of esters is 1. The quantitative estimate of drug-likeness (QED) is 0.410. The number of ether oxygens (including phenoxy) is 2. The van der Waals surface area contributed by atoms with Gasteiger partial charge >= 0.3 is 5.97 Å². The normalized spacial score (nSPS) is 11.4. The Hall–Kier alpha value is -3.88. The van der Waals surface area contributed by atoms with E-state index in [0.29, 0.717) is 23.6 Å². The van der Waals surface area contributed by atoms with Gasteiger partial charge in [-0.05, 0) is 69.0 Å². The van der Waals surface area contributed by atoms with Gasteiger partial charge in [0.15, 0.2) is 6.61 Å². The number of rotatable bonds is 11. The Kier molecular flexibility index (Phi) is 10.5. The third kappa shape index (κ3) is 8.41. The van der Waals surface area contributed by atoms with Crippen LogP contribution in [0.3, 0.4) is 0 Å². The van der Waals surface area contributed by atoms with Crippen LogP contribution < -0.4 is 20.7 Å². The molecule has 0 aliphatic carbocycles. The second kappa shape index (κ2) is 13.3. The second-order valence-corrected chi connectivity index (χ2v) is 8.86. The maximum absolute atomic E-state index is 12.6. The van der Waals surface area contributed by atoms with Gasteiger partial charge in [-0.3, -0.25) is 14.4 Å². The summed E-state index contributed by atoms with van der Waals surface area (Å²) in [6, 6.07) is 9.50. The summed E-state index contributed by atoms with van der Waals surface area (Å²) in [6.45, 7) is 10.8. The van der Waals surface area contributed by atoms with Crippen molar-refractivity contribution in [2.45, 2.75) is 47.6 Å². The first-order valence-electron chi connectivity index (χ1n) is 11.9. The summed E-state index contributed by atoms with van der Waals surface area (Å²) in [5, 5.41) is 7.87. The average molecular weight is 498 g/mol. The highest BCUT2D eigenvalue weighted by molar-refractivity contribution is 5.98. The molecule has 0 fully saturated rings. The molecule has 3 N–H and O–H groups in total. The second-order valence-electron chi connectivity index (χ2n) is 8.86. The van der Waals surface area contributed by atoms with Crippen LogP contribution in [0.1, 0.15) is 47.8 Å². The minimum absolute atomic E-state index is 0.273. The Labute approximate surface area is 211 Å². The SMILES string of the molecule is CCOc1ccc(C(=O)NC(C(=O)OCC(=O)NCC(=O)Nc2c(C)cc(C)cc2C)C(C)C)cc1. The number of carbonyl (C=O) groups excluding carboxylic acids is 4. The molecule has 0 aromatic heterocycles. The van der Waals surface area contributed by atoms with Crippen molar-refractivity contribution in [3.63, 3.8) is 0 Å². The van der Waals surface area contributed by atoms with E-state index in [2.05, 4.69) is 16.0 Å². The van der Waals surface area contributed by atoms with E-state index in [1.807, 2.05) is 39.8 Å². The molecule has 0 aliphatic rings. The highest BCUT2D eigenvalue weighted by atomic mass is 16.5. The van der Waals surface area contributed by atoms with Crippen LogP contribution in [0.2, 0.25) is 0 Å². The van der Waals surface area contributed by atoms with Crippen molar-refractivity contribution < 1.29 is 28.7 Å². The number of anilines is 1. The molecule has 0 aliphatic heterocycles. The summed E-state index contributed by atoms with van der Waals surface area (Å²) in [6.07, 6.45) is 0. The summed E-state index contributed by atoms with van der Waals surface area (Å²) in [5.41, 5.74) is 4.00. The van der Waals surface area contributed by atoms with Gasteiger partial charge in [-0.25, -0.2) is 4.79 Å². The molecule has 0 radical (unpaired) electrons. The first-order valence-corrected chi connectivity index (χ1v) is 11.9. The first kappa shape index (κ1) is 28.4. The van der Waals surface area contributed by atoms with Gasteiger partial charge in [-0.1, -0.05) is 31.5 Å². The van der Waals surface area contributed by atoms with Gasteiger partial charge in [-0.2, -0.15) is 0 Å². The van der Waals surface area contributed by atoms with Gasteiger partial charge in [0.05, 0.1) is 13.2 Å². The van der Waals surface area contributed by atoms with Crippen LogP contribution in [-0.2, 0) is 19.1 Å². The van der Waals surface area contributed by atoms with Crippen LogP contribution in [0, 0.1) is 26.7 Å². The smallest absolute Gasteiger partial charge is 0.329 e. The Balaban J connectivity index is 1.84. The number of nitrogens with one attached hydrogen (secondary N) is 3. The number of benzene rings is 2. The predicted octanol–water partition coefficient (Wildman–Crippen LogP) is 3.06. The van der Waals surface area contributed by atoms with Gasteiger partial charge < -0.3 is 25.4 Å². The fourth-order valence-corrected chi connectivity index (χ4v) is 3.61. The molecule has 194 valence electrons. The lowest BCUT2D eigenvalue weighted by atomic mass is 10.0. The van der Waals surface area contributed by atoms with E-state index < -0.39 is 36.3 Å². The van der Waals surface area contributed by atoms with E-state index in [9.17, 15) is 19.2 Å². The fourth-order valence-electron chi connectivity index (χ4n) is 3.61. The fraction of sp³-hybridized carbons (Fsp3) is 0.407. The Morgan fingerprint density at radius 2 is 1.53 bits per heavy atom. The predicted molar refractivity (Wildman–Crippen MR) is 137 cm³/mol. The van der Waals surface area contributed by atoms with Crippen molar-refractivity contribution >= 4 is 29.4 Å². The van der Waals surface area contributed by atoms with E-state index in [0.717, 1.165) is 16.7 Å². The van der Waals surface area contributed by atoms with Crippen molar-refractivity contribution in [2.75, 3.05) is 25.1 Å². The van der Waals surface area contributed by atoms with E-state index in [-0.39, 0.29) is 12.5 Å². The number of hydrogen-bond acceptors (Lipinski definition) is 6. The average Bonchev–Trinajstić information content (AvgIpc) is 2.82. The van der Waals surface area contributed by atoms with Crippen LogP contribution in [0.4, 0.5) is 5.69 Å². The highest BCUT2D eigenvalue weighted by Crippen LogP contribution is 2.21. The van der Waals surface area contributed by atoms with Crippen LogP contribution in [0.25, 0.3) is 0 Å². The lowest BCUT2D eigenvalue weighted by Gasteiger charge is -2.21. The van der Waals surface area contributed by atoms with E-state index in [1.165, 1.54) is 0 Å². The van der Waals surface area contributed by atoms with Crippen molar-refractivity contribution in [3.8, 4) is 5.75 Å². The standard InChI is InChI=1S/C27H35N3O6/c1-7-35-21-10-8-20(9-11-21)26(33)30-24(16(2)3)27(34)36-15-23(32)28-14-22(31)29-25-18(5)12-17(4)13-19(25)6/h8-13,16,24H,7,14-15H2,1-6H3,(H,28,32)(H,29,31)(H,30,33). The summed E-state index contributed by atoms with van der Waals surface area (Å²) in [4.78, 5) is 49.5. The summed E-state index contributed by atoms with van der Waals surface area (Å²) >= 11 is 0. The molecule has 0 spiro atoms. The summed E-state index contributed by atoms with van der Waals surface area (Å²) < 4.78 is 10.5. The Morgan fingerprint density at radius 1 is 0.917 bits per heavy atom. The monoisotopic (exact) mass is 497 g/mol. The minimum atomic E-state index is -0.951. The van der Waals surface area contributed by atoms with Crippen molar-refractivity contribution in [3.05, 3.63) is 58.7 Å². The highest BCUT2D eigenvalue weighted by Gasteiger charge is 2.27. The first-order chi connectivity index (χ1) is 17.0. The van der Waals surface area contributed by atoms with Crippen LogP contribution >= 0.6 is 0 Å². The maximum Gasteiger partial charge on any atom is 0.329 e. The molecule has 2 aromatic carbocycles. The molecule has 36 heavy (non-hydrogen) atoms. The topological polar surface area (TPSA) is 123 Å². The van der Waals surface area contributed by atoms with E-state index in [1.54, 1.807) is 38.1 Å². The zero-order valence-electron chi connectivity index (χ0n) is 21.7. The molecule has 2 aromatic rings. The van der Waals surface area contributed by atoms with Crippen LogP contribution in [-0.4, -0.2) is 49.5 Å². The number of carbonyl (C=O) groups is 4. The van der Waals surface area contributed by atoms with Gasteiger partial charge in [0.1, 0.15) is 11.8 Å². The lowest BCUT2D eigenvalue weighted by molar-refractivity contribution is -0.151. The molecular weight excluding hydrogens is 462 g/mol. The number of hydrogen-bond donors (Lipinski definition) is 3. The lowest BCUT2D eigenvalue weighted by Crippen LogP contribution is -2.46. The molecule has 0 heterocycles. The van der Waals surface area contributed by atoms with Crippen LogP contribution in [0.15, 0.2) is 36.4 Å². The Morgan fingerprint density at radius 3 is 2.08 bits per heavy atom. The van der Waals surface area contributed by atoms with Crippen molar-refractivity contribution in [1.82, 2.24) is 10.6 Å². The van der Waals surface area contributed by atoms with Gasteiger partial charge in [-0.15, -0.1) is 0 Å². The number of aryl methyl sites for hydroxylation is 3. The molecule has 9 heteroatoms. The molecule has 0 saturated heterocycles. The van der Waals surface area contributed by atoms with Crippen molar-refractivity contribution in [2.24, 2.45) is 5.92 Å². The molecule has 9 nitrogen and oxygen atoms in total. The zero-order chi connectivity index (χ0) is 26.8. The summed E-state index contributed by atoms with van der Waals surface area (Å²) in [5.74, 6) is -1.86. The maximum atomic E-state index is 12.6. The van der Waals surface area contributed by atoms with Gasteiger partial charge in [0, 0.05) is 11.3 Å². The largest absolute Gasteiger partial charge is 0.494 e. The molecule has 1 atom stereocenters. The van der Waals surface area contributed by atoms with Gasteiger partial charge in [0.2, 0.25) is 5.91 Å². The third-order valence-corrected chi connectivity index (χ3v) is 5.37. The molecule has 1 unspecified atom stereocenters. The molecule has 2 rings (SSSR count). The van der Waals surface area contributed by atoms with E-state index in [4.69, 9.17) is 9.47 Å². The molecule has 0 saturated carbocycles. The van der Waals surface area contributed by atoms with E-state index >= 15 is 0 Å². The Bertz CT molecular complexity index is 1070. The summed E-state index contributed by atoms with van der Waals surface area (Å²) in [7, 11) is 0. The minimum Gasteiger partial charge on any atom is -0.494 e. The third-order valence-electron chi connectivity index (χ3n) is 5.37. The molecule has 0 bridgehead atoms. The zero-order valence-corrected chi connectivity index (χ0v) is 21.7.